The highest BCUT2D eigenvalue weighted by atomic mass is 32.1. The van der Waals surface area contributed by atoms with Crippen LogP contribution in [0.1, 0.15) is 42.5 Å². The van der Waals surface area contributed by atoms with Crippen LogP contribution in [-0.4, -0.2) is 31.9 Å². The van der Waals surface area contributed by atoms with Crippen molar-refractivity contribution >= 4 is 17.2 Å². The Balaban J connectivity index is 2.00. The average Bonchev–Trinajstić information content (AvgIpc) is 3.10. The van der Waals surface area contributed by atoms with Gasteiger partial charge in [0.15, 0.2) is 11.6 Å². The van der Waals surface area contributed by atoms with E-state index in [0.717, 1.165) is 24.2 Å². The summed E-state index contributed by atoms with van der Waals surface area (Å²) in [5.74, 6) is 0.719. The Kier molecular flexibility index (Phi) is 4.77. The van der Waals surface area contributed by atoms with Crippen LogP contribution in [-0.2, 0) is 30.6 Å². The van der Waals surface area contributed by atoms with Crippen LogP contribution in [0.5, 0.6) is 0 Å². The van der Waals surface area contributed by atoms with E-state index in [1.165, 1.54) is 23.3 Å². The van der Waals surface area contributed by atoms with Crippen molar-refractivity contribution in [3.05, 3.63) is 21.6 Å². The summed E-state index contributed by atoms with van der Waals surface area (Å²) in [4.78, 5) is 17.1. The fraction of sp³-hybridized carbons (Fsp3) is 0.562. The minimum absolute atomic E-state index is 0.0224. The molecule has 0 bridgehead atoms. The number of rotatable bonds is 6. The van der Waals surface area contributed by atoms with Gasteiger partial charge in [-0.05, 0) is 37.7 Å². The van der Waals surface area contributed by atoms with Crippen LogP contribution >= 0.6 is 11.3 Å². The predicted molar refractivity (Wildman–Crippen MR) is 89.2 cm³/mol. The minimum Gasteiger partial charge on any atom is -0.391 e. The molecule has 2 aromatic rings. The number of aromatic nitrogens is 3. The number of carbonyl (C=O) groups is 1. The smallest absolute Gasteiger partial charge is 0.225 e. The molecular weight excluding hydrogens is 312 g/mol. The number of nitrogens with zero attached hydrogens (tertiary/aromatic N) is 3. The van der Waals surface area contributed by atoms with Crippen LogP contribution in [0, 0.1) is 0 Å². The Morgan fingerprint density at radius 1 is 1.48 bits per heavy atom. The number of hydrogen-bond acceptors (Lipinski definition) is 5. The highest BCUT2D eigenvalue weighted by molar-refractivity contribution is 7.10. The number of carbonyl (C=O) groups excluding carboxylic acids is 1. The van der Waals surface area contributed by atoms with Crippen molar-refractivity contribution in [3.63, 3.8) is 0 Å². The van der Waals surface area contributed by atoms with E-state index in [1.54, 1.807) is 16.0 Å². The lowest BCUT2D eigenvalue weighted by atomic mass is 9.95. The van der Waals surface area contributed by atoms with Gasteiger partial charge in [-0.1, -0.05) is 6.92 Å². The van der Waals surface area contributed by atoms with Crippen LogP contribution in [0.4, 0.5) is 0 Å². The van der Waals surface area contributed by atoms with Gasteiger partial charge in [0.05, 0.1) is 19.1 Å². The molecule has 124 valence electrons. The maximum atomic E-state index is 11.2. The van der Waals surface area contributed by atoms with Crippen LogP contribution in [0.2, 0.25) is 0 Å². The van der Waals surface area contributed by atoms with Crippen molar-refractivity contribution in [2.75, 3.05) is 0 Å². The Morgan fingerprint density at radius 2 is 2.26 bits per heavy atom. The van der Waals surface area contributed by atoms with Crippen LogP contribution in [0.3, 0.4) is 0 Å². The fourth-order valence-electron chi connectivity index (χ4n) is 2.96. The van der Waals surface area contributed by atoms with E-state index in [2.05, 4.69) is 15.5 Å². The van der Waals surface area contributed by atoms with Gasteiger partial charge in [-0.25, -0.2) is 9.67 Å². The zero-order valence-corrected chi connectivity index (χ0v) is 14.1. The number of thiophene rings is 1. The van der Waals surface area contributed by atoms with E-state index in [4.69, 9.17) is 5.73 Å². The van der Waals surface area contributed by atoms with Gasteiger partial charge < -0.3 is 10.8 Å². The lowest BCUT2D eigenvalue weighted by molar-refractivity contribution is -0.117. The summed E-state index contributed by atoms with van der Waals surface area (Å²) in [7, 11) is 0. The Bertz CT molecular complexity index is 707. The van der Waals surface area contributed by atoms with E-state index < -0.39 is 12.0 Å². The molecule has 3 N–H and O–H groups in total. The van der Waals surface area contributed by atoms with Gasteiger partial charge in [0.1, 0.15) is 0 Å². The van der Waals surface area contributed by atoms with Crippen molar-refractivity contribution in [1.82, 2.24) is 14.8 Å². The molecule has 1 atom stereocenters. The van der Waals surface area contributed by atoms with Crippen molar-refractivity contribution < 1.29 is 9.90 Å². The average molecular weight is 334 g/mol. The van der Waals surface area contributed by atoms with Gasteiger partial charge in [-0.3, -0.25) is 4.79 Å². The standard InChI is InChI=1S/C16H22N4O2S/c1-2-10(21)8-20-16(18-15(19-20)7-14(17)22)12-9-23-13-6-4-3-5-11(12)13/h9-10,21H,2-8H2,1H3,(H2,17,22)/t10-/m0/s1. The molecule has 0 radical (unpaired) electrons. The van der Waals surface area contributed by atoms with Crippen molar-refractivity contribution in [3.8, 4) is 11.4 Å². The van der Waals surface area contributed by atoms with Crippen LogP contribution in [0.15, 0.2) is 5.38 Å². The summed E-state index contributed by atoms with van der Waals surface area (Å²) in [6.45, 7) is 2.31. The number of nitrogens with two attached hydrogens (primary N) is 1. The maximum absolute atomic E-state index is 11.2. The molecule has 7 heteroatoms. The van der Waals surface area contributed by atoms with Gasteiger partial charge in [0.2, 0.25) is 5.91 Å². The van der Waals surface area contributed by atoms with Crippen molar-refractivity contribution in [2.45, 2.75) is 58.1 Å². The molecule has 0 aliphatic heterocycles. The molecule has 6 nitrogen and oxygen atoms in total. The molecule has 0 saturated carbocycles. The number of aliphatic hydroxyl groups excluding tert-OH is 1. The molecule has 1 aliphatic rings. The maximum Gasteiger partial charge on any atom is 0.225 e. The van der Waals surface area contributed by atoms with Crippen LogP contribution < -0.4 is 5.73 Å². The third-order valence-corrected chi connectivity index (χ3v) is 5.29. The van der Waals surface area contributed by atoms with Crippen molar-refractivity contribution in [2.24, 2.45) is 5.73 Å². The number of aryl methyl sites for hydroxylation is 1. The monoisotopic (exact) mass is 334 g/mol. The van der Waals surface area contributed by atoms with Crippen molar-refractivity contribution in [1.29, 1.82) is 0 Å². The number of primary amides is 1. The first kappa shape index (κ1) is 16.1. The normalized spacial score (nSPS) is 15.4. The van der Waals surface area contributed by atoms with Gasteiger partial charge in [-0.2, -0.15) is 5.10 Å². The third-order valence-electron chi connectivity index (χ3n) is 4.21. The first-order valence-corrected chi connectivity index (χ1v) is 8.96. The Labute approximate surface area is 139 Å². The Morgan fingerprint density at radius 3 is 3.00 bits per heavy atom. The molecule has 1 aliphatic carbocycles. The molecular formula is C16H22N4O2S. The third kappa shape index (κ3) is 3.45. The molecule has 0 saturated heterocycles. The predicted octanol–water partition coefficient (Wildman–Crippen LogP) is 1.68. The first-order valence-electron chi connectivity index (χ1n) is 8.08. The second kappa shape index (κ2) is 6.80. The molecule has 0 aromatic carbocycles. The molecule has 0 spiro atoms. The molecule has 23 heavy (non-hydrogen) atoms. The Hall–Kier alpha value is -1.73. The van der Waals surface area contributed by atoms with E-state index in [9.17, 15) is 9.90 Å². The zero-order chi connectivity index (χ0) is 16.4. The molecule has 2 aromatic heterocycles. The summed E-state index contributed by atoms with van der Waals surface area (Å²) in [5.41, 5.74) is 7.71. The quantitative estimate of drug-likeness (QED) is 0.840. The van der Waals surface area contributed by atoms with E-state index in [0.29, 0.717) is 18.8 Å². The topological polar surface area (TPSA) is 94.0 Å². The van der Waals surface area contributed by atoms with E-state index in [-0.39, 0.29) is 6.42 Å². The lowest BCUT2D eigenvalue weighted by Gasteiger charge is -2.14. The summed E-state index contributed by atoms with van der Waals surface area (Å²) < 4.78 is 1.73. The molecule has 1 amide bonds. The number of aliphatic hydroxyl groups is 1. The summed E-state index contributed by atoms with van der Waals surface area (Å²) in [5, 5.41) is 16.5. The van der Waals surface area contributed by atoms with E-state index in [1.807, 2.05) is 6.92 Å². The largest absolute Gasteiger partial charge is 0.391 e. The first-order chi connectivity index (χ1) is 11.1. The minimum atomic E-state index is -0.480. The highest BCUT2D eigenvalue weighted by Gasteiger charge is 2.22. The van der Waals surface area contributed by atoms with Crippen LogP contribution in [0.25, 0.3) is 11.4 Å². The number of hydrogen-bond donors (Lipinski definition) is 2. The lowest BCUT2D eigenvalue weighted by Crippen LogP contribution is -2.18. The molecule has 3 rings (SSSR count). The number of amides is 1. The summed E-state index contributed by atoms with van der Waals surface area (Å²) in [6, 6.07) is 0. The highest BCUT2D eigenvalue weighted by Crippen LogP contribution is 2.35. The SMILES string of the molecule is CC[C@H](O)Cn1nc(CC(N)=O)nc1-c1csc2c1CCCC2. The second-order valence-electron chi connectivity index (χ2n) is 6.00. The fourth-order valence-corrected chi connectivity index (χ4v) is 4.08. The van der Waals surface area contributed by atoms with Gasteiger partial charge in [-0.15, -0.1) is 11.3 Å². The number of fused-ring (bicyclic) bond motifs is 1. The zero-order valence-electron chi connectivity index (χ0n) is 13.3. The molecule has 0 fully saturated rings. The molecule has 0 unspecified atom stereocenters. The van der Waals surface area contributed by atoms with E-state index >= 15 is 0 Å². The van der Waals surface area contributed by atoms with Gasteiger partial charge >= 0.3 is 0 Å². The van der Waals surface area contributed by atoms with Gasteiger partial charge in [0.25, 0.3) is 0 Å². The van der Waals surface area contributed by atoms with Gasteiger partial charge in [0, 0.05) is 15.8 Å². The second-order valence-corrected chi connectivity index (χ2v) is 6.96. The summed E-state index contributed by atoms with van der Waals surface area (Å²) >= 11 is 1.77. The summed E-state index contributed by atoms with van der Waals surface area (Å²) in [6.07, 6.45) is 4.80. The molecule has 2 heterocycles.